The third-order valence-electron chi connectivity index (χ3n) is 5.98. The van der Waals surface area contributed by atoms with Gasteiger partial charge in [0, 0.05) is 47.7 Å². The Hall–Kier alpha value is -2.30. The monoisotopic (exact) mass is 409 g/mol. The van der Waals surface area contributed by atoms with Crippen LogP contribution in [0.2, 0.25) is 5.02 Å². The van der Waals surface area contributed by atoms with Crippen LogP contribution >= 0.6 is 11.6 Å². The molecule has 1 amide bonds. The van der Waals surface area contributed by atoms with Gasteiger partial charge in [0.15, 0.2) is 0 Å². The van der Waals surface area contributed by atoms with Gasteiger partial charge in [0.1, 0.15) is 0 Å². The van der Waals surface area contributed by atoms with Gasteiger partial charge < -0.3 is 9.88 Å². The number of amides is 1. The van der Waals surface area contributed by atoms with Crippen LogP contribution < -0.4 is 5.32 Å². The van der Waals surface area contributed by atoms with Crippen LogP contribution in [0.5, 0.6) is 0 Å². The molecule has 1 aliphatic rings. The van der Waals surface area contributed by atoms with E-state index in [2.05, 4.69) is 52.2 Å². The van der Waals surface area contributed by atoms with Gasteiger partial charge in [-0.1, -0.05) is 48.0 Å². The molecule has 0 bridgehead atoms. The lowest BCUT2D eigenvalue weighted by Gasteiger charge is -2.31. The fourth-order valence-corrected chi connectivity index (χ4v) is 4.48. The van der Waals surface area contributed by atoms with E-state index in [9.17, 15) is 4.79 Å². The maximum atomic E-state index is 12.6. The first kappa shape index (κ1) is 20.0. The van der Waals surface area contributed by atoms with E-state index >= 15 is 0 Å². The summed E-state index contributed by atoms with van der Waals surface area (Å²) in [5.74, 6) is 0.234. The van der Waals surface area contributed by atoms with Crippen molar-refractivity contribution in [1.82, 2.24) is 14.8 Å². The van der Waals surface area contributed by atoms with Gasteiger partial charge in [-0.15, -0.1) is 0 Å². The number of carbonyl (C=O) groups is 1. The lowest BCUT2D eigenvalue weighted by atomic mass is 9.95. The van der Waals surface area contributed by atoms with E-state index in [0.29, 0.717) is 11.6 Å². The first-order valence-electron chi connectivity index (χ1n) is 10.5. The molecule has 4 rings (SSSR count). The van der Waals surface area contributed by atoms with Crippen LogP contribution in [0.3, 0.4) is 0 Å². The number of aryl methyl sites for hydroxylation is 1. The number of aromatic nitrogens is 1. The maximum Gasteiger partial charge on any atom is 0.223 e. The van der Waals surface area contributed by atoms with Crippen LogP contribution in [-0.2, 0) is 24.4 Å². The van der Waals surface area contributed by atoms with E-state index in [1.165, 1.54) is 16.5 Å². The molecule has 0 radical (unpaired) electrons. The quantitative estimate of drug-likeness (QED) is 0.632. The molecule has 4 nitrogen and oxygen atoms in total. The lowest BCUT2D eigenvalue weighted by Crippen LogP contribution is -2.40. The molecule has 1 saturated heterocycles. The topological polar surface area (TPSA) is 37.3 Å². The number of halogens is 1. The Kier molecular flexibility index (Phi) is 6.22. The second kappa shape index (κ2) is 9.02. The third-order valence-corrected chi connectivity index (χ3v) is 6.34. The molecule has 0 unspecified atom stereocenters. The van der Waals surface area contributed by atoms with E-state index in [-0.39, 0.29) is 11.8 Å². The molecular formula is C24H28ClN3O. The zero-order valence-corrected chi connectivity index (χ0v) is 17.7. The van der Waals surface area contributed by atoms with Crippen molar-refractivity contribution in [3.05, 3.63) is 70.9 Å². The van der Waals surface area contributed by atoms with E-state index in [1.807, 2.05) is 24.3 Å². The SMILES string of the molecule is CCn1cc(CN2CCC(C(=O)NCc3ccccc3Cl)CC2)c2ccccc21. The Morgan fingerprint density at radius 1 is 1.07 bits per heavy atom. The minimum Gasteiger partial charge on any atom is -0.352 e. The number of rotatable bonds is 6. The predicted octanol–water partition coefficient (Wildman–Crippen LogP) is 4.84. The molecule has 1 aliphatic heterocycles. The summed E-state index contributed by atoms with van der Waals surface area (Å²) >= 11 is 6.18. The van der Waals surface area contributed by atoms with Crippen molar-refractivity contribution in [3.63, 3.8) is 0 Å². The van der Waals surface area contributed by atoms with Gasteiger partial charge >= 0.3 is 0 Å². The van der Waals surface area contributed by atoms with Crippen molar-refractivity contribution in [2.75, 3.05) is 13.1 Å². The van der Waals surface area contributed by atoms with Crippen LogP contribution in [0.1, 0.15) is 30.9 Å². The Labute approximate surface area is 177 Å². The average molecular weight is 410 g/mol. The summed E-state index contributed by atoms with van der Waals surface area (Å²) < 4.78 is 2.32. The number of hydrogen-bond donors (Lipinski definition) is 1. The zero-order valence-electron chi connectivity index (χ0n) is 16.9. The highest BCUT2D eigenvalue weighted by molar-refractivity contribution is 6.31. The first-order chi connectivity index (χ1) is 14.2. The highest BCUT2D eigenvalue weighted by Gasteiger charge is 2.25. The molecule has 1 N–H and O–H groups in total. The molecule has 152 valence electrons. The Morgan fingerprint density at radius 3 is 2.55 bits per heavy atom. The normalized spacial score (nSPS) is 15.7. The Bertz CT molecular complexity index is 989. The van der Waals surface area contributed by atoms with Gasteiger partial charge in [0.05, 0.1) is 0 Å². The molecule has 2 heterocycles. The second-order valence-corrected chi connectivity index (χ2v) is 8.22. The molecule has 29 heavy (non-hydrogen) atoms. The van der Waals surface area contributed by atoms with Crippen molar-refractivity contribution < 1.29 is 4.79 Å². The third kappa shape index (κ3) is 4.49. The minimum atomic E-state index is 0.0886. The maximum absolute atomic E-state index is 12.6. The minimum absolute atomic E-state index is 0.0886. The number of fused-ring (bicyclic) bond motifs is 1. The highest BCUT2D eigenvalue weighted by atomic mass is 35.5. The summed E-state index contributed by atoms with van der Waals surface area (Å²) in [5.41, 5.74) is 3.65. The average Bonchev–Trinajstić information content (AvgIpc) is 3.11. The number of nitrogens with one attached hydrogen (secondary N) is 1. The molecule has 1 fully saturated rings. The molecule has 0 saturated carbocycles. The van der Waals surface area contributed by atoms with Gasteiger partial charge in [-0.05, 0) is 56.1 Å². The van der Waals surface area contributed by atoms with Gasteiger partial charge in [-0.25, -0.2) is 0 Å². The number of benzene rings is 2. The van der Waals surface area contributed by atoms with Crippen LogP contribution in [0, 0.1) is 5.92 Å². The highest BCUT2D eigenvalue weighted by Crippen LogP contribution is 2.25. The van der Waals surface area contributed by atoms with E-state index in [0.717, 1.165) is 44.6 Å². The fraction of sp³-hybridized carbons (Fsp3) is 0.375. The summed E-state index contributed by atoms with van der Waals surface area (Å²) in [7, 11) is 0. The van der Waals surface area contributed by atoms with Crippen LogP contribution in [-0.4, -0.2) is 28.5 Å². The number of likely N-dealkylation sites (tertiary alicyclic amines) is 1. The van der Waals surface area contributed by atoms with Gasteiger partial charge in [-0.2, -0.15) is 0 Å². The van der Waals surface area contributed by atoms with E-state index < -0.39 is 0 Å². The summed E-state index contributed by atoms with van der Waals surface area (Å²) in [5, 5.41) is 5.11. The standard InChI is InChI=1S/C24H28ClN3O/c1-2-28-17-20(21-8-4-6-10-23(21)28)16-27-13-11-18(12-14-27)24(29)26-15-19-7-3-5-9-22(19)25/h3-10,17-18H,2,11-16H2,1H3,(H,26,29). The van der Waals surface area contributed by atoms with Crippen molar-refractivity contribution in [1.29, 1.82) is 0 Å². The molecule has 3 aromatic rings. The van der Waals surface area contributed by atoms with Crippen molar-refractivity contribution >= 4 is 28.4 Å². The molecule has 0 atom stereocenters. The van der Waals surface area contributed by atoms with Crippen molar-refractivity contribution in [2.45, 2.75) is 39.4 Å². The van der Waals surface area contributed by atoms with Crippen molar-refractivity contribution in [2.24, 2.45) is 5.92 Å². The number of piperidine rings is 1. The van der Waals surface area contributed by atoms with Crippen LogP contribution in [0.4, 0.5) is 0 Å². The van der Waals surface area contributed by atoms with E-state index in [1.54, 1.807) is 0 Å². The van der Waals surface area contributed by atoms with Gasteiger partial charge in [-0.3, -0.25) is 9.69 Å². The second-order valence-electron chi connectivity index (χ2n) is 7.82. The number of para-hydroxylation sites is 1. The van der Waals surface area contributed by atoms with Crippen LogP contribution in [0.15, 0.2) is 54.7 Å². The summed E-state index contributed by atoms with van der Waals surface area (Å²) in [6.07, 6.45) is 4.09. The number of nitrogens with zero attached hydrogens (tertiary/aromatic N) is 2. The first-order valence-corrected chi connectivity index (χ1v) is 10.8. The largest absolute Gasteiger partial charge is 0.352 e. The predicted molar refractivity (Wildman–Crippen MR) is 119 cm³/mol. The Balaban J connectivity index is 1.32. The lowest BCUT2D eigenvalue weighted by molar-refractivity contribution is -0.126. The summed E-state index contributed by atoms with van der Waals surface area (Å²) in [6, 6.07) is 16.3. The molecule has 0 aliphatic carbocycles. The molecule has 5 heteroatoms. The number of carbonyl (C=O) groups excluding carboxylic acids is 1. The fourth-order valence-electron chi connectivity index (χ4n) is 4.27. The Morgan fingerprint density at radius 2 is 1.79 bits per heavy atom. The summed E-state index contributed by atoms with van der Waals surface area (Å²) in [4.78, 5) is 15.1. The van der Waals surface area contributed by atoms with Gasteiger partial charge in [0.2, 0.25) is 5.91 Å². The molecule has 0 spiro atoms. The molecule has 1 aromatic heterocycles. The molecule has 2 aromatic carbocycles. The summed E-state index contributed by atoms with van der Waals surface area (Å²) in [6.45, 7) is 6.51. The van der Waals surface area contributed by atoms with Crippen LogP contribution in [0.25, 0.3) is 10.9 Å². The molecular weight excluding hydrogens is 382 g/mol. The van der Waals surface area contributed by atoms with Gasteiger partial charge in [0.25, 0.3) is 0 Å². The number of hydrogen-bond acceptors (Lipinski definition) is 2. The smallest absolute Gasteiger partial charge is 0.223 e. The zero-order chi connectivity index (χ0) is 20.2. The van der Waals surface area contributed by atoms with Crippen molar-refractivity contribution in [3.8, 4) is 0 Å². The van der Waals surface area contributed by atoms with E-state index in [4.69, 9.17) is 11.6 Å².